The standard InChI is InChI=1S/C19H28BrF2N3O2/c1-12(2)10-13-11-24(8-9-25(13)18(26)27-19(3,4)5)14-6-7-15(20)23-16(14)17(21)22/h6-7,12-13,17H,8-11H2,1-5H3. The molecule has 0 spiro atoms. The van der Waals surface area contributed by atoms with E-state index in [2.05, 4.69) is 34.8 Å². The van der Waals surface area contributed by atoms with Crippen LogP contribution in [0.1, 0.15) is 53.2 Å². The van der Waals surface area contributed by atoms with Gasteiger partial charge in [-0.05, 0) is 61.2 Å². The molecule has 2 heterocycles. The van der Waals surface area contributed by atoms with Crippen molar-refractivity contribution in [3.8, 4) is 0 Å². The van der Waals surface area contributed by atoms with Crippen LogP contribution in [0.3, 0.4) is 0 Å². The molecular weight excluding hydrogens is 420 g/mol. The zero-order valence-electron chi connectivity index (χ0n) is 16.5. The first-order valence-corrected chi connectivity index (χ1v) is 9.96. The third kappa shape index (κ3) is 6.02. The van der Waals surface area contributed by atoms with Crippen molar-refractivity contribution in [1.29, 1.82) is 0 Å². The Hall–Kier alpha value is -1.44. The van der Waals surface area contributed by atoms with E-state index in [0.717, 1.165) is 6.42 Å². The molecule has 1 unspecified atom stereocenters. The minimum atomic E-state index is -2.66. The average molecular weight is 448 g/mol. The van der Waals surface area contributed by atoms with Gasteiger partial charge < -0.3 is 14.5 Å². The van der Waals surface area contributed by atoms with Crippen LogP contribution in [0.4, 0.5) is 19.3 Å². The number of anilines is 1. The quantitative estimate of drug-likeness (QED) is 0.590. The number of alkyl halides is 2. The Bertz CT molecular complexity index is 665. The van der Waals surface area contributed by atoms with Gasteiger partial charge in [-0.1, -0.05) is 13.8 Å². The molecule has 0 bridgehead atoms. The fourth-order valence-electron chi connectivity index (χ4n) is 3.25. The summed E-state index contributed by atoms with van der Waals surface area (Å²) in [5, 5.41) is 0. The maximum atomic E-state index is 13.5. The van der Waals surface area contributed by atoms with E-state index in [9.17, 15) is 13.6 Å². The minimum Gasteiger partial charge on any atom is -0.444 e. The summed E-state index contributed by atoms with van der Waals surface area (Å²) < 4.78 is 32.9. The van der Waals surface area contributed by atoms with Crippen molar-refractivity contribution in [3.63, 3.8) is 0 Å². The van der Waals surface area contributed by atoms with Crippen LogP contribution in [0.2, 0.25) is 0 Å². The van der Waals surface area contributed by atoms with Crippen molar-refractivity contribution in [2.45, 2.75) is 59.1 Å². The highest BCUT2D eigenvalue weighted by molar-refractivity contribution is 9.10. The van der Waals surface area contributed by atoms with Gasteiger partial charge >= 0.3 is 6.09 Å². The van der Waals surface area contributed by atoms with Crippen molar-refractivity contribution in [2.24, 2.45) is 5.92 Å². The van der Waals surface area contributed by atoms with Gasteiger partial charge in [-0.3, -0.25) is 0 Å². The molecule has 1 aliphatic heterocycles. The highest BCUT2D eigenvalue weighted by Gasteiger charge is 2.35. The van der Waals surface area contributed by atoms with Gasteiger partial charge in [0.2, 0.25) is 0 Å². The van der Waals surface area contributed by atoms with E-state index in [1.165, 1.54) is 0 Å². The maximum absolute atomic E-state index is 13.5. The van der Waals surface area contributed by atoms with E-state index in [1.54, 1.807) is 17.0 Å². The molecule has 1 aromatic heterocycles. The van der Waals surface area contributed by atoms with E-state index in [1.807, 2.05) is 25.7 Å². The monoisotopic (exact) mass is 447 g/mol. The van der Waals surface area contributed by atoms with Crippen molar-refractivity contribution >= 4 is 27.7 Å². The third-order valence-electron chi connectivity index (χ3n) is 4.27. The third-order valence-corrected chi connectivity index (χ3v) is 4.71. The lowest BCUT2D eigenvalue weighted by Crippen LogP contribution is -2.56. The number of aromatic nitrogens is 1. The second kappa shape index (κ2) is 8.71. The Balaban J connectivity index is 2.24. The molecule has 27 heavy (non-hydrogen) atoms. The van der Waals surface area contributed by atoms with Crippen LogP contribution in [-0.4, -0.2) is 47.3 Å². The highest BCUT2D eigenvalue weighted by Crippen LogP contribution is 2.32. The second-order valence-electron chi connectivity index (χ2n) is 8.24. The molecule has 1 saturated heterocycles. The molecule has 0 aliphatic carbocycles. The van der Waals surface area contributed by atoms with E-state index in [4.69, 9.17) is 4.74 Å². The Labute approximate surface area is 168 Å². The SMILES string of the molecule is CC(C)CC1CN(c2ccc(Br)nc2C(F)F)CCN1C(=O)OC(C)(C)C. The van der Waals surface area contributed by atoms with Crippen LogP contribution in [0, 0.1) is 5.92 Å². The molecule has 152 valence electrons. The van der Waals surface area contributed by atoms with Crippen LogP contribution in [0.25, 0.3) is 0 Å². The van der Waals surface area contributed by atoms with Gasteiger partial charge in [0.15, 0.2) is 0 Å². The van der Waals surface area contributed by atoms with E-state index in [0.29, 0.717) is 35.8 Å². The summed E-state index contributed by atoms with van der Waals surface area (Å²) >= 11 is 3.16. The summed E-state index contributed by atoms with van der Waals surface area (Å²) in [6.45, 7) is 11.0. The lowest BCUT2D eigenvalue weighted by atomic mass is 9.99. The highest BCUT2D eigenvalue weighted by atomic mass is 79.9. The molecule has 0 N–H and O–H groups in total. The molecule has 1 amide bonds. The van der Waals surface area contributed by atoms with Gasteiger partial charge in [-0.25, -0.2) is 18.6 Å². The van der Waals surface area contributed by atoms with Crippen molar-refractivity contribution in [3.05, 3.63) is 22.4 Å². The number of nitrogens with zero attached hydrogens (tertiary/aromatic N) is 3. The molecular formula is C19H28BrF2N3O2. The van der Waals surface area contributed by atoms with Gasteiger partial charge in [-0.15, -0.1) is 0 Å². The fourth-order valence-corrected chi connectivity index (χ4v) is 3.57. The number of hydrogen-bond donors (Lipinski definition) is 0. The Morgan fingerprint density at radius 3 is 2.56 bits per heavy atom. The minimum absolute atomic E-state index is 0.109. The number of hydrogen-bond acceptors (Lipinski definition) is 4. The van der Waals surface area contributed by atoms with Crippen LogP contribution in [0.5, 0.6) is 0 Å². The molecule has 1 aromatic rings. The summed E-state index contributed by atoms with van der Waals surface area (Å²) in [5.74, 6) is 0.359. The lowest BCUT2D eigenvalue weighted by Gasteiger charge is -2.43. The second-order valence-corrected chi connectivity index (χ2v) is 9.05. The first kappa shape index (κ1) is 21.9. The summed E-state index contributed by atoms with van der Waals surface area (Å²) in [6.07, 6.45) is -2.25. The zero-order chi connectivity index (χ0) is 20.4. The predicted octanol–water partition coefficient (Wildman–Crippen LogP) is 5.25. The Morgan fingerprint density at radius 2 is 2.00 bits per heavy atom. The summed E-state index contributed by atoms with van der Waals surface area (Å²) in [4.78, 5) is 20.2. The topological polar surface area (TPSA) is 45.7 Å². The maximum Gasteiger partial charge on any atom is 0.410 e. The number of piperazine rings is 1. The lowest BCUT2D eigenvalue weighted by molar-refractivity contribution is 0.0119. The molecule has 0 saturated carbocycles. The van der Waals surface area contributed by atoms with Crippen LogP contribution in [0.15, 0.2) is 16.7 Å². The smallest absolute Gasteiger partial charge is 0.410 e. The fraction of sp³-hybridized carbons (Fsp3) is 0.684. The van der Waals surface area contributed by atoms with Gasteiger partial charge in [0.25, 0.3) is 6.43 Å². The number of pyridine rings is 1. The number of carbonyl (C=O) groups excluding carboxylic acids is 1. The van der Waals surface area contributed by atoms with Gasteiger partial charge in [0.05, 0.1) is 11.7 Å². The number of halogens is 3. The van der Waals surface area contributed by atoms with Gasteiger partial charge in [0, 0.05) is 19.6 Å². The molecule has 1 atom stereocenters. The predicted molar refractivity (Wildman–Crippen MR) is 105 cm³/mol. The summed E-state index contributed by atoms with van der Waals surface area (Å²) in [6, 6.07) is 3.22. The van der Waals surface area contributed by atoms with Gasteiger partial charge in [-0.2, -0.15) is 0 Å². The first-order valence-electron chi connectivity index (χ1n) is 9.17. The molecule has 8 heteroatoms. The molecule has 0 radical (unpaired) electrons. The van der Waals surface area contributed by atoms with E-state index < -0.39 is 12.0 Å². The summed E-state index contributed by atoms with van der Waals surface area (Å²) in [5.41, 5.74) is -0.390. The van der Waals surface area contributed by atoms with Gasteiger partial charge in [0.1, 0.15) is 15.9 Å². The number of amides is 1. The number of ether oxygens (including phenoxy) is 1. The van der Waals surface area contributed by atoms with E-state index >= 15 is 0 Å². The Morgan fingerprint density at radius 1 is 1.33 bits per heavy atom. The average Bonchev–Trinajstić information content (AvgIpc) is 2.52. The van der Waals surface area contributed by atoms with E-state index in [-0.39, 0.29) is 17.8 Å². The summed E-state index contributed by atoms with van der Waals surface area (Å²) in [7, 11) is 0. The number of carbonyl (C=O) groups is 1. The van der Waals surface area contributed by atoms with Crippen LogP contribution < -0.4 is 4.90 Å². The first-order chi connectivity index (χ1) is 12.5. The molecule has 2 rings (SSSR count). The molecule has 5 nitrogen and oxygen atoms in total. The van der Waals surface area contributed by atoms with Crippen LogP contribution in [-0.2, 0) is 4.74 Å². The van der Waals surface area contributed by atoms with Crippen molar-refractivity contribution in [2.75, 3.05) is 24.5 Å². The normalized spacial score (nSPS) is 18.4. The van der Waals surface area contributed by atoms with Crippen molar-refractivity contribution in [1.82, 2.24) is 9.88 Å². The number of rotatable bonds is 4. The van der Waals surface area contributed by atoms with Crippen molar-refractivity contribution < 1.29 is 18.3 Å². The van der Waals surface area contributed by atoms with Crippen LogP contribution >= 0.6 is 15.9 Å². The molecule has 1 fully saturated rings. The molecule has 1 aliphatic rings. The zero-order valence-corrected chi connectivity index (χ0v) is 18.1. The largest absolute Gasteiger partial charge is 0.444 e. The molecule has 0 aromatic carbocycles. The Kier molecular flexibility index (Phi) is 7.05.